The minimum absolute atomic E-state index is 0.116. The van der Waals surface area contributed by atoms with Crippen LogP contribution in [-0.4, -0.2) is 42.5 Å². The molecular weight excluding hydrogens is 416 g/mol. The summed E-state index contributed by atoms with van der Waals surface area (Å²) in [4.78, 5) is 27.9. The first kappa shape index (κ1) is 24.6. The van der Waals surface area contributed by atoms with Crippen LogP contribution in [-0.2, 0) is 16.1 Å². The van der Waals surface area contributed by atoms with E-state index in [1.54, 1.807) is 18.9 Å². The van der Waals surface area contributed by atoms with Crippen molar-refractivity contribution < 1.29 is 19.1 Å². The molecule has 33 heavy (non-hydrogen) atoms. The van der Waals surface area contributed by atoms with Crippen molar-refractivity contribution in [3.05, 3.63) is 59.2 Å². The van der Waals surface area contributed by atoms with Gasteiger partial charge in [-0.15, -0.1) is 0 Å². The average molecular weight is 453 g/mol. The monoisotopic (exact) mass is 452 g/mol. The predicted octanol–water partition coefficient (Wildman–Crippen LogP) is 4.56. The Balaban J connectivity index is 1.71. The minimum Gasteiger partial charge on any atom is -0.497 e. The van der Waals surface area contributed by atoms with Crippen LogP contribution in [0.1, 0.15) is 55.7 Å². The summed E-state index contributed by atoms with van der Waals surface area (Å²) in [5.74, 6) is 1.05. The molecule has 6 heteroatoms. The first-order chi connectivity index (χ1) is 15.9. The summed E-state index contributed by atoms with van der Waals surface area (Å²) in [6.07, 6.45) is 5.50. The van der Waals surface area contributed by atoms with Gasteiger partial charge in [-0.1, -0.05) is 37.5 Å². The van der Waals surface area contributed by atoms with E-state index in [1.807, 2.05) is 56.3 Å². The van der Waals surface area contributed by atoms with Crippen molar-refractivity contribution in [2.24, 2.45) is 0 Å². The molecule has 1 atom stereocenters. The molecule has 1 unspecified atom stereocenters. The number of methoxy groups -OCH3 is 1. The second-order valence-electron chi connectivity index (χ2n) is 8.92. The van der Waals surface area contributed by atoms with Crippen LogP contribution in [0, 0.1) is 13.8 Å². The molecule has 2 aromatic rings. The van der Waals surface area contributed by atoms with E-state index < -0.39 is 6.04 Å². The topological polar surface area (TPSA) is 67.9 Å². The number of carbonyl (C=O) groups excluding carboxylic acids is 2. The molecule has 0 saturated heterocycles. The molecule has 0 aromatic heterocycles. The van der Waals surface area contributed by atoms with Crippen molar-refractivity contribution in [2.45, 2.75) is 71.5 Å². The van der Waals surface area contributed by atoms with Crippen LogP contribution in [0.15, 0.2) is 42.5 Å². The lowest BCUT2D eigenvalue weighted by molar-refractivity contribution is -0.142. The molecule has 1 saturated carbocycles. The molecule has 1 N–H and O–H groups in total. The zero-order chi connectivity index (χ0) is 23.8. The van der Waals surface area contributed by atoms with Crippen LogP contribution in [0.2, 0.25) is 0 Å². The Morgan fingerprint density at radius 1 is 1.00 bits per heavy atom. The van der Waals surface area contributed by atoms with Gasteiger partial charge in [0.15, 0.2) is 6.61 Å². The Hall–Kier alpha value is -3.02. The van der Waals surface area contributed by atoms with Gasteiger partial charge in [-0.3, -0.25) is 9.59 Å². The molecule has 3 rings (SSSR count). The van der Waals surface area contributed by atoms with Crippen molar-refractivity contribution in [2.75, 3.05) is 13.7 Å². The Morgan fingerprint density at radius 2 is 1.67 bits per heavy atom. The Kier molecular flexibility index (Phi) is 8.75. The number of aryl methyl sites for hydroxylation is 2. The third-order valence-corrected chi connectivity index (χ3v) is 6.47. The Morgan fingerprint density at radius 3 is 2.30 bits per heavy atom. The Labute approximate surface area is 197 Å². The third kappa shape index (κ3) is 6.98. The van der Waals surface area contributed by atoms with Crippen LogP contribution in [0.3, 0.4) is 0 Å². The summed E-state index contributed by atoms with van der Waals surface area (Å²) in [6.45, 7) is 6.03. The maximum absolute atomic E-state index is 13.2. The lowest BCUT2D eigenvalue weighted by Gasteiger charge is -2.31. The molecule has 1 aliphatic carbocycles. The van der Waals surface area contributed by atoms with E-state index in [2.05, 4.69) is 5.32 Å². The number of benzene rings is 2. The third-order valence-electron chi connectivity index (χ3n) is 6.47. The molecule has 1 fully saturated rings. The molecule has 0 heterocycles. The van der Waals surface area contributed by atoms with Crippen molar-refractivity contribution in [1.82, 2.24) is 10.2 Å². The van der Waals surface area contributed by atoms with E-state index in [0.29, 0.717) is 12.3 Å². The summed E-state index contributed by atoms with van der Waals surface area (Å²) < 4.78 is 11.0. The fraction of sp³-hybridized carbons (Fsp3) is 0.481. The van der Waals surface area contributed by atoms with Gasteiger partial charge in [0.05, 0.1) is 7.11 Å². The van der Waals surface area contributed by atoms with Gasteiger partial charge < -0.3 is 19.7 Å². The second kappa shape index (κ2) is 11.7. The van der Waals surface area contributed by atoms with Crippen molar-refractivity contribution >= 4 is 11.8 Å². The number of nitrogens with zero attached hydrogens (tertiary/aromatic N) is 1. The summed E-state index contributed by atoms with van der Waals surface area (Å²) in [7, 11) is 1.62. The SMILES string of the molecule is COc1ccc(CN(C(=O)COc2ccc(C)c(C)c2)C(C)C(=O)NC2CCCCC2)cc1. The van der Waals surface area contributed by atoms with Crippen LogP contribution in [0.4, 0.5) is 0 Å². The number of hydrogen-bond acceptors (Lipinski definition) is 4. The molecule has 0 bridgehead atoms. The van der Waals surface area contributed by atoms with E-state index in [-0.39, 0.29) is 24.5 Å². The van der Waals surface area contributed by atoms with Gasteiger partial charge in [0.2, 0.25) is 5.91 Å². The number of ether oxygens (including phenoxy) is 2. The lowest BCUT2D eigenvalue weighted by Crippen LogP contribution is -2.51. The predicted molar refractivity (Wildman–Crippen MR) is 129 cm³/mol. The largest absolute Gasteiger partial charge is 0.497 e. The fourth-order valence-electron chi connectivity index (χ4n) is 4.11. The van der Waals surface area contributed by atoms with Crippen molar-refractivity contribution in [3.63, 3.8) is 0 Å². The molecule has 0 spiro atoms. The molecule has 0 radical (unpaired) electrons. The van der Waals surface area contributed by atoms with Gasteiger partial charge in [0.25, 0.3) is 5.91 Å². The molecule has 6 nitrogen and oxygen atoms in total. The number of nitrogens with one attached hydrogen (secondary N) is 1. The van der Waals surface area contributed by atoms with E-state index in [9.17, 15) is 9.59 Å². The minimum atomic E-state index is -0.607. The number of rotatable bonds is 9. The van der Waals surface area contributed by atoms with Gasteiger partial charge in [-0.2, -0.15) is 0 Å². The van der Waals surface area contributed by atoms with Gasteiger partial charge >= 0.3 is 0 Å². The summed E-state index contributed by atoms with van der Waals surface area (Å²) >= 11 is 0. The van der Waals surface area contributed by atoms with Gasteiger partial charge in [0, 0.05) is 12.6 Å². The Bertz CT molecular complexity index is 936. The highest BCUT2D eigenvalue weighted by atomic mass is 16.5. The number of carbonyl (C=O) groups is 2. The quantitative estimate of drug-likeness (QED) is 0.606. The van der Waals surface area contributed by atoms with Gasteiger partial charge in [-0.25, -0.2) is 0 Å². The van der Waals surface area contributed by atoms with Gasteiger partial charge in [-0.05, 0) is 74.6 Å². The van der Waals surface area contributed by atoms with Crippen LogP contribution >= 0.6 is 0 Å². The van der Waals surface area contributed by atoms with Crippen LogP contribution in [0.5, 0.6) is 11.5 Å². The summed E-state index contributed by atoms with van der Waals surface area (Å²) in [6, 6.07) is 12.9. The zero-order valence-electron chi connectivity index (χ0n) is 20.2. The average Bonchev–Trinajstić information content (AvgIpc) is 2.83. The summed E-state index contributed by atoms with van der Waals surface area (Å²) in [5.41, 5.74) is 3.20. The molecular formula is C27H36N2O4. The van der Waals surface area contributed by atoms with Crippen molar-refractivity contribution in [1.29, 1.82) is 0 Å². The first-order valence-corrected chi connectivity index (χ1v) is 11.8. The maximum Gasteiger partial charge on any atom is 0.261 e. The molecule has 0 aliphatic heterocycles. The smallest absolute Gasteiger partial charge is 0.261 e. The van der Waals surface area contributed by atoms with E-state index in [0.717, 1.165) is 42.6 Å². The molecule has 178 valence electrons. The number of amides is 2. The number of hydrogen-bond donors (Lipinski definition) is 1. The van der Waals surface area contributed by atoms with Crippen molar-refractivity contribution in [3.8, 4) is 11.5 Å². The molecule has 2 aromatic carbocycles. The highest BCUT2D eigenvalue weighted by Crippen LogP contribution is 2.20. The van der Waals surface area contributed by atoms with E-state index in [4.69, 9.17) is 9.47 Å². The maximum atomic E-state index is 13.2. The fourth-order valence-corrected chi connectivity index (χ4v) is 4.11. The van der Waals surface area contributed by atoms with Crippen LogP contribution < -0.4 is 14.8 Å². The van der Waals surface area contributed by atoms with E-state index in [1.165, 1.54) is 12.0 Å². The highest BCUT2D eigenvalue weighted by molar-refractivity contribution is 5.88. The van der Waals surface area contributed by atoms with Crippen LogP contribution in [0.25, 0.3) is 0 Å². The molecule has 2 amide bonds. The first-order valence-electron chi connectivity index (χ1n) is 11.8. The highest BCUT2D eigenvalue weighted by Gasteiger charge is 2.28. The van der Waals surface area contributed by atoms with Gasteiger partial charge in [0.1, 0.15) is 17.5 Å². The van der Waals surface area contributed by atoms with E-state index >= 15 is 0 Å². The summed E-state index contributed by atoms with van der Waals surface area (Å²) in [5, 5.41) is 3.15. The zero-order valence-corrected chi connectivity index (χ0v) is 20.2. The lowest BCUT2D eigenvalue weighted by atomic mass is 9.95. The standard InChI is InChI=1S/C27H36N2O4/c1-19-10-13-25(16-20(19)2)33-18-26(30)29(17-22-11-14-24(32-4)15-12-22)21(3)27(31)28-23-8-6-5-7-9-23/h10-16,21,23H,5-9,17-18H2,1-4H3,(H,28,31). The second-order valence-corrected chi connectivity index (χ2v) is 8.92. The molecule has 1 aliphatic rings. The normalized spacial score (nSPS) is 14.9.